The quantitative estimate of drug-likeness (QED) is 0.722. The van der Waals surface area contributed by atoms with Gasteiger partial charge in [-0.1, -0.05) is 5.16 Å². The Morgan fingerprint density at radius 2 is 1.72 bits per heavy atom. The lowest BCUT2D eigenvalue weighted by molar-refractivity contribution is -0.141. The molecular weight excluding hydrogens is 383 g/mol. The molecule has 2 saturated carbocycles. The first-order chi connectivity index (χ1) is 14.0. The van der Waals surface area contributed by atoms with E-state index < -0.39 is 11.9 Å². The van der Waals surface area contributed by atoms with E-state index in [2.05, 4.69) is 31.0 Å². The molecule has 29 heavy (non-hydrogen) atoms. The maximum absolute atomic E-state index is 13.1. The minimum atomic E-state index is -4.45. The number of anilines is 1. The van der Waals surface area contributed by atoms with Crippen molar-refractivity contribution < 1.29 is 17.7 Å². The number of hydrogen-bond donors (Lipinski definition) is 0. The minimum Gasteiger partial charge on any atom is -0.361 e. The van der Waals surface area contributed by atoms with Crippen molar-refractivity contribution in [3.8, 4) is 0 Å². The number of piperidine rings is 1. The fraction of sp³-hybridized carbons (Fsp3) is 0.650. The van der Waals surface area contributed by atoms with Crippen molar-refractivity contribution >= 4 is 5.82 Å². The standard InChI is InChI=1S/C20H24F3N5O/c21-20(22,23)18-10-19(25-12-24-18)28(15-3-4-15)16-5-7-27(8-6-16)11-14-9-17(29-26-14)13-1-2-13/h9-10,12-13,15-16H,1-8,11H2. The highest BCUT2D eigenvalue weighted by Gasteiger charge is 2.39. The van der Waals surface area contributed by atoms with E-state index in [1.807, 2.05) is 0 Å². The Kier molecular flexibility index (Phi) is 4.72. The number of likely N-dealkylation sites (tertiary alicyclic amines) is 1. The lowest BCUT2D eigenvalue weighted by Crippen LogP contribution is -2.46. The Labute approximate surface area is 167 Å². The lowest BCUT2D eigenvalue weighted by atomic mass is 10.0. The normalized spacial score (nSPS) is 21.5. The molecule has 0 radical (unpaired) electrons. The van der Waals surface area contributed by atoms with Crippen LogP contribution >= 0.6 is 0 Å². The third-order valence-electron chi connectivity index (χ3n) is 6.04. The summed E-state index contributed by atoms with van der Waals surface area (Å²) in [5.41, 5.74) is 0.0955. The van der Waals surface area contributed by atoms with Crippen molar-refractivity contribution in [2.24, 2.45) is 0 Å². The Morgan fingerprint density at radius 3 is 2.38 bits per heavy atom. The smallest absolute Gasteiger partial charge is 0.361 e. The zero-order valence-corrected chi connectivity index (χ0v) is 16.1. The summed E-state index contributed by atoms with van der Waals surface area (Å²) in [4.78, 5) is 12.0. The molecule has 1 aliphatic heterocycles. The highest BCUT2D eigenvalue weighted by Crippen LogP contribution is 2.40. The van der Waals surface area contributed by atoms with Gasteiger partial charge >= 0.3 is 6.18 Å². The predicted molar refractivity (Wildman–Crippen MR) is 99.3 cm³/mol. The third-order valence-corrected chi connectivity index (χ3v) is 6.04. The Bertz CT molecular complexity index is 854. The van der Waals surface area contributed by atoms with Crippen molar-refractivity contribution in [3.63, 3.8) is 0 Å². The van der Waals surface area contributed by atoms with Gasteiger partial charge in [-0.15, -0.1) is 0 Å². The molecule has 2 aliphatic carbocycles. The van der Waals surface area contributed by atoms with Crippen LogP contribution in [0.1, 0.15) is 61.6 Å². The largest absolute Gasteiger partial charge is 0.433 e. The SMILES string of the molecule is FC(F)(F)c1cc(N(C2CC2)C2CCN(Cc3cc(C4CC4)on3)CC2)ncn1. The van der Waals surface area contributed by atoms with E-state index >= 15 is 0 Å². The van der Waals surface area contributed by atoms with Crippen LogP contribution in [0.3, 0.4) is 0 Å². The highest BCUT2D eigenvalue weighted by molar-refractivity contribution is 5.44. The van der Waals surface area contributed by atoms with Crippen LogP contribution in [-0.2, 0) is 12.7 Å². The molecule has 0 amide bonds. The summed E-state index contributed by atoms with van der Waals surface area (Å²) in [7, 11) is 0. The summed E-state index contributed by atoms with van der Waals surface area (Å²) in [6.45, 7) is 2.53. The molecule has 0 aromatic carbocycles. The molecule has 0 bridgehead atoms. The van der Waals surface area contributed by atoms with Gasteiger partial charge in [-0.05, 0) is 38.5 Å². The van der Waals surface area contributed by atoms with Gasteiger partial charge in [0.15, 0.2) is 0 Å². The molecule has 9 heteroatoms. The summed E-state index contributed by atoms with van der Waals surface area (Å²) in [6, 6.07) is 3.66. The second kappa shape index (κ2) is 7.27. The van der Waals surface area contributed by atoms with Crippen molar-refractivity contribution in [1.29, 1.82) is 0 Å². The minimum absolute atomic E-state index is 0.203. The molecule has 156 valence electrons. The monoisotopic (exact) mass is 407 g/mol. The molecule has 2 aromatic rings. The number of rotatable bonds is 6. The summed E-state index contributed by atoms with van der Waals surface area (Å²) < 4.78 is 44.7. The van der Waals surface area contributed by atoms with Gasteiger partial charge in [0.05, 0.1) is 5.69 Å². The van der Waals surface area contributed by atoms with Gasteiger partial charge in [-0.25, -0.2) is 9.97 Å². The van der Waals surface area contributed by atoms with E-state index in [4.69, 9.17) is 4.52 Å². The molecule has 3 fully saturated rings. The molecule has 2 aromatic heterocycles. The van der Waals surface area contributed by atoms with Crippen LogP contribution in [0.4, 0.5) is 19.0 Å². The Morgan fingerprint density at radius 1 is 1.00 bits per heavy atom. The maximum Gasteiger partial charge on any atom is 0.433 e. The van der Waals surface area contributed by atoms with E-state index in [-0.39, 0.29) is 6.04 Å². The van der Waals surface area contributed by atoms with E-state index in [1.54, 1.807) is 0 Å². The second-order valence-corrected chi connectivity index (χ2v) is 8.40. The second-order valence-electron chi connectivity index (χ2n) is 8.40. The van der Waals surface area contributed by atoms with Crippen molar-refractivity contribution in [1.82, 2.24) is 20.0 Å². The fourth-order valence-corrected chi connectivity index (χ4v) is 4.22. The van der Waals surface area contributed by atoms with Gasteiger partial charge in [0.1, 0.15) is 23.6 Å². The van der Waals surface area contributed by atoms with E-state index in [0.717, 1.165) is 69.2 Å². The first-order valence-corrected chi connectivity index (χ1v) is 10.3. The molecule has 0 unspecified atom stereocenters. The molecule has 6 nitrogen and oxygen atoms in total. The average Bonchev–Trinajstić information content (AvgIpc) is 3.63. The first-order valence-electron chi connectivity index (χ1n) is 10.3. The van der Waals surface area contributed by atoms with Crippen molar-refractivity contribution in [2.45, 2.75) is 69.2 Å². The van der Waals surface area contributed by atoms with Gasteiger partial charge in [0.2, 0.25) is 0 Å². The predicted octanol–water partition coefficient (Wildman–Crippen LogP) is 3.99. The lowest BCUT2D eigenvalue weighted by Gasteiger charge is -2.39. The summed E-state index contributed by atoms with van der Waals surface area (Å²) in [5, 5.41) is 4.19. The van der Waals surface area contributed by atoms with Gasteiger partial charge in [0.25, 0.3) is 0 Å². The van der Waals surface area contributed by atoms with Gasteiger partial charge in [-0.2, -0.15) is 13.2 Å². The van der Waals surface area contributed by atoms with Crippen molar-refractivity contribution in [2.75, 3.05) is 18.0 Å². The topological polar surface area (TPSA) is 58.3 Å². The van der Waals surface area contributed by atoms with E-state index in [1.165, 1.54) is 12.8 Å². The highest BCUT2D eigenvalue weighted by atomic mass is 19.4. The fourth-order valence-electron chi connectivity index (χ4n) is 4.22. The van der Waals surface area contributed by atoms with E-state index in [0.29, 0.717) is 17.8 Å². The summed E-state index contributed by atoms with van der Waals surface area (Å²) in [5.74, 6) is 1.96. The number of halogens is 3. The first kappa shape index (κ1) is 18.8. The van der Waals surface area contributed by atoms with Crippen LogP contribution < -0.4 is 4.90 Å². The summed E-state index contributed by atoms with van der Waals surface area (Å²) >= 11 is 0. The zero-order chi connectivity index (χ0) is 20.0. The van der Waals surface area contributed by atoms with Gasteiger partial charge in [0, 0.05) is 49.8 Å². The molecule has 0 spiro atoms. The van der Waals surface area contributed by atoms with Crippen LogP contribution in [0.5, 0.6) is 0 Å². The molecule has 3 heterocycles. The van der Waals surface area contributed by atoms with Crippen LogP contribution in [0, 0.1) is 0 Å². The Hall–Kier alpha value is -2.16. The number of alkyl halides is 3. The van der Waals surface area contributed by atoms with E-state index in [9.17, 15) is 13.2 Å². The number of hydrogen-bond acceptors (Lipinski definition) is 6. The van der Waals surface area contributed by atoms with Crippen LogP contribution in [0.2, 0.25) is 0 Å². The molecule has 5 rings (SSSR count). The van der Waals surface area contributed by atoms with Crippen LogP contribution in [0.25, 0.3) is 0 Å². The molecule has 0 atom stereocenters. The van der Waals surface area contributed by atoms with Crippen molar-refractivity contribution in [3.05, 3.63) is 35.6 Å². The molecule has 3 aliphatic rings. The molecular formula is C20H24F3N5O. The van der Waals surface area contributed by atoms with Gasteiger partial charge in [-0.3, -0.25) is 4.90 Å². The van der Waals surface area contributed by atoms with Crippen LogP contribution in [-0.4, -0.2) is 45.2 Å². The van der Waals surface area contributed by atoms with Crippen LogP contribution in [0.15, 0.2) is 23.0 Å². The molecule has 1 saturated heterocycles. The Balaban J connectivity index is 1.23. The summed E-state index contributed by atoms with van der Waals surface area (Å²) in [6.07, 6.45) is 2.78. The van der Waals surface area contributed by atoms with Gasteiger partial charge < -0.3 is 9.42 Å². The molecule has 0 N–H and O–H groups in total. The average molecular weight is 407 g/mol. The third kappa shape index (κ3) is 4.24. The number of aromatic nitrogens is 3. The number of nitrogens with zero attached hydrogens (tertiary/aromatic N) is 5. The zero-order valence-electron chi connectivity index (χ0n) is 16.1. The maximum atomic E-state index is 13.1.